The molecule has 0 aliphatic carbocycles. The fraction of sp³-hybridized carbons (Fsp3) is 0.467. The van der Waals surface area contributed by atoms with E-state index in [1.165, 1.54) is 6.42 Å². The van der Waals surface area contributed by atoms with Gasteiger partial charge in [0.15, 0.2) is 5.84 Å². The van der Waals surface area contributed by atoms with Crippen molar-refractivity contribution >= 4 is 11.7 Å². The van der Waals surface area contributed by atoms with Gasteiger partial charge in [-0.25, -0.2) is 0 Å². The number of oxime groups is 1. The highest BCUT2D eigenvalue weighted by atomic mass is 16.4. The minimum Gasteiger partial charge on any atom is -0.409 e. The summed E-state index contributed by atoms with van der Waals surface area (Å²) < 4.78 is 0. The number of hydrogen-bond donors (Lipinski definition) is 2. The van der Waals surface area contributed by atoms with Crippen LogP contribution in [0.15, 0.2) is 29.4 Å². The fourth-order valence-corrected chi connectivity index (χ4v) is 2.58. The van der Waals surface area contributed by atoms with Gasteiger partial charge < -0.3 is 15.8 Å². The molecule has 0 radical (unpaired) electrons. The lowest BCUT2D eigenvalue weighted by atomic mass is 9.94. The number of likely N-dealkylation sites (tertiary alicyclic amines) is 1. The molecule has 1 aromatic rings. The first-order valence-electron chi connectivity index (χ1n) is 6.92. The van der Waals surface area contributed by atoms with Crippen LogP contribution in [0.3, 0.4) is 0 Å². The van der Waals surface area contributed by atoms with Crippen LogP contribution in [0.1, 0.15) is 42.6 Å². The van der Waals surface area contributed by atoms with Gasteiger partial charge in [-0.15, -0.1) is 0 Å². The zero-order valence-corrected chi connectivity index (χ0v) is 11.9. The van der Waals surface area contributed by atoms with Crippen molar-refractivity contribution in [1.82, 2.24) is 4.90 Å². The third kappa shape index (κ3) is 2.92. The molecule has 3 N–H and O–H groups in total. The second kappa shape index (κ2) is 5.94. The topological polar surface area (TPSA) is 78.9 Å². The summed E-state index contributed by atoms with van der Waals surface area (Å²) in [5, 5.41) is 11.6. The number of amides is 1. The van der Waals surface area contributed by atoms with Gasteiger partial charge in [0, 0.05) is 23.7 Å². The molecule has 1 heterocycles. The first-order valence-corrected chi connectivity index (χ1v) is 6.92. The molecule has 2 atom stereocenters. The summed E-state index contributed by atoms with van der Waals surface area (Å²) in [6, 6.07) is 7.12. The number of hydrogen-bond acceptors (Lipinski definition) is 3. The van der Waals surface area contributed by atoms with Crippen molar-refractivity contribution in [3.05, 3.63) is 35.4 Å². The van der Waals surface area contributed by atoms with E-state index >= 15 is 0 Å². The number of nitrogens with two attached hydrogens (primary N) is 1. The number of benzene rings is 1. The molecule has 1 aromatic carbocycles. The van der Waals surface area contributed by atoms with Crippen molar-refractivity contribution in [2.24, 2.45) is 16.8 Å². The minimum atomic E-state index is 0.0453. The van der Waals surface area contributed by atoms with Crippen LogP contribution in [0.4, 0.5) is 0 Å². The Bertz CT molecular complexity index is 510. The average Bonchev–Trinajstić information content (AvgIpc) is 2.48. The number of piperidine rings is 1. The molecule has 20 heavy (non-hydrogen) atoms. The SMILES string of the molecule is CC1CCC(C)N(C(=O)c2ccc(C(N)=NO)cc2)C1. The monoisotopic (exact) mass is 275 g/mol. The lowest BCUT2D eigenvalue weighted by Gasteiger charge is -2.36. The Morgan fingerprint density at radius 2 is 1.85 bits per heavy atom. The second-order valence-corrected chi connectivity index (χ2v) is 5.55. The molecule has 1 aliphatic rings. The van der Waals surface area contributed by atoms with Crippen LogP contribution in [-0.2, 0) is 0 Å². The molecule has 0 spiro atoms. The van der Waals surface area contributed by atoms with E-state index in [-0.39, 0.29) is 17.8 Å². The van der Waals surface area contributed by atoms with Crippen molar-refractivity contribution in [2.45, 2.75) is 32.7 Å². The van der Waals surface area contributed by atoms with E-state index in [0.29, 0.717) is 17.0 Å². The Kier molecular flexibility index (Phi) is 4.27. The molecule has 2 unspecified atom stereocenters. The molecule has 1 saturated heterocycles. The summed E-state index contributed by atoms with van der Waals surface area (Å²) >= 11 is 0. The van der Waals surface area contributed by atoms with Gasteiger partial charge in [-0.05, 0) is 37.8 Å². The highest BCUT2D eigenvalue weighted by Crippen LogP contribution is 2.23. The highest BCUT2D eigenvalue weighted by Gasteiger charge is 2.27. The van der Waals surface area contributed by atoms with E-state index < -0.39 is 0 Å². The number of rotatable bonds is 2. The standard InChI is InChI=1S/C15H21N3O2/c1-10-3-4-11(2)18(9-10)15(19)13-7-5-12(6-8-13)14(16)17-20/h5-8,10-11,20H,3-4,9H2,1-2H3,(H2,16,17). The Morgan fingerprint density at radius 3 is 2.45 bits per heavy atom. The molecule has 0 saturated carbocycles. The molecule has 108 valence electrons. The minimum absolute atomic E-state index is 0.0453. The van der Waals surface area contributed by atoms with E-state index in [1.807, 2.05) is 4.90 Å². The summed E-state index contributed by atoms with van der Waals surface area (Å²) in [5.41, 5.74) is 6.75. The molecule has 2 rings (SSSR count). The number of amidine groups is 1. The molecule has 5 heteroatoms. The van der Waals surface area contributed by atoms with Crippen molar-refractivity contribution in [2.75, 3.05) is 6.54 Å². The smallest absolute Gasteiger partial charge is 0.254 e. The van der Waals surface area contributed by atoms with E-state index in [4.69, 9.17) is 10.9 Å². The van der Waals surface area contributed by atoms with Gasteiger partial charge in [-0.3, -0.25) is 4.79 Å². The van der Waals surface area contributed by atoms with Gasteiger partial charge in [0.05, 0.1) is 0 Å². The molecule has 0 bridgehead atoms. The van der Waals surface area contributed by atoms with Crippen LogP contribution in [0, 0.1) is 5.92 Å². The van der Waals surface area contributed by atoms with Gasteiger partial charge in [0.25, 0.3) is 5.91 Å². The summed E-state index contributed by atoms with van der Waals surface area (Å²) in [7, 11) is 0. The first-order chi connectivity index (χ1) is 9.52. The number of nitrogens with zero attached hydrogens (tertiary/aromatic N) is 2. The number of carbonyl (C=O) groups is 1. The zero-order chi connectivity index (χ0) is 14.7. The van der Waals surface area contributed by atoms with E-state index in [2.05, 4.69) is 19.0 Å². The van der Waals surface area contributed by atoms with Crippen molar-refractivity contribution in [1.29, 1.82) is 0 Å². The largest absolute Gasteiger partial charge is 0.409 e. The Balaban J connectivity index is 2.16. The van der Waals surface area contributed by atoms with Gasteiger partial charge in [-0.1, -0.05) is 24.2 Å². The summed E-state index contributed by atoms with van der Waals surface area (Å²) in [6.07, 6.45) is 2.22. The molecule has 1 amide bonds. The summed E-state index contributed by atoms with van der Waals surface area (Å²) in [6.45, 7) is 5.07. The predicted octanol–water partition coefficient (Wildman–Crippen LogP) is 2.04. The third-order valence-electron chi connectivity index (χ3n) is 3.91. The van der Waals surface area contributed by atoms with Crippen LogP contribution < -0.4 is 5.73 Å². The van der Waals surface area contributed by atoms with Crippen molar-refractivity contribution < 1.29 is 10.0 Å². The first kappa shape index (κ1) is 14.4. The predicted molar refractivity (Wildman–Crippen MR) is 77.8 cm³/mol. The molecule has 5 nitrogen and oxygen atoms in total. The molecule has 1 aliphatic heterocycles. The van der Waals surface area contributed by atoms with E-state index in [0.717, 1.165) is 13.0 Å². The van der Waals surface area contributed by atoms with Crippen molar-refractivity contribution in [3.8, 4) is 0 Å². The maximum Gasteiger partial charge on any atom is 0.254 e. The lowest BCUT2D eigenvalue weighted by Crippen LogP contribution is -2.44. The average molecular weight is 275 g/mol. The Labute approximate surface area is 119 Å². The van der Waals surface area contributed by atoms with Gasteiger partial charge in [0.2, 0.25) is 0 Å². The summed E-state index contributed by atoms with van der Waals surface area (Å²) in [4.78, 5) is 14.5. The van der Waals surface area contributed by atoms with Gasteiger partial charge in [0.1, 0.15) is 0 Å². The van der Waals surface area contributed by atoms with Crippen LogP contribution in [0.5, 0.6) is 0 Å². The second-order valence-electron chi connectivity index (χ2n) is 5.55. The van der Waals surface area contributed by atoms with Gasteiger partial charge in [-0.2, -0.15) is 0 Å². The Hall–Kier alpha value is -2.04. The summed E-state index contributed by atoms with van der Waals surface area (Å²) in [5.74, 6) is 0.644. The zero-order valence-electron chi connectivity index (χ0n) is 11.9. The molecule has 0 aromatic heterocycles. The maximum absolute atomic E-state index is 12.5. The molecule has 1 fully saturated rings. The van der Waals surface area contributed by atoms with Crippen LogP contribution in [0.2, 0.25) is 0 Å². The molecular formula is C15H21N3O2. The Morgan fingerprint density at radius 1 is 1.25 bits per heavy atom. The van der Waals surface area contributed by atoms with Gasteiger partial charge >= 0.3 is 0 Å². The lowest BCUT2D eigenvalue weighted by molar-refractivity contribution is 0.0574. The maximum atomic E-state index is 12.5. The van der Waals surface area contributed by atoms with E-state index in [9.17, 15) is 4.79 Å². The quantitative estimate of drug-likeness (QED) is 0.375. The van der Waals surface area contributed by atoms with Crippen molar-refractivity contribution in [3.63, 3.8) is 0 Å². The highest BCUT2D eigenvalue weighted by molar-refractivity contribution is 5.99. The van der Waals surface area contributed by atoms with Crippen LogP contribution >= 0.6 is 0 Å². The fourth-order valence-electron chi connectivity index (χ4n) is 2.58. The number of carbonyl (C=O) groups excluding carboxylic acids is 1. The van der Waals surface area contributed by atoms with E-state index in [1.54, 1.807) is 24.3 Å². The normalized spacial score (nSPS) is 23.7. The third-order valence-corrected chi connectivity index (χ3v) is 3.91. The van der Waals surface area contributed by atoms with Crippen LogP contribution in [0.25, 0.3) is 0 Å². The molecular weight excluding hydrogens is 254 g/mol. The van der Waals surface area contributed by atoms with Crippen LogP contribution in [-0.4, -0.2) is 34.4 Å².